The minimum absolute atomic E-state index is 0.174. The highest BCUT2D eigenvalue weighted by molar-refractivity contribution is 5.95. The van der Waals surface area contributed by atoms with Gasteiger partial charge in [0.25, 0.3) is 5.91 Å². The van der Waals surface area contributed by atoms with Crippen LogP contribution in [0.4, 0.5) is 0 Å². The van der Waals surface area contributed by atoms with Crippen molar-refractivity contribution in [1.82, 2.24) is 14.9 Å². The van der Waals surface area contributed by atoms with E-state index in [1.807, 2.05) is 6.07 Å². The Morgan fingerprint density at radius 1 is 0.865 bits per heavy atom. The summed E-state index contributed by atoms with van der Waals surface area (Å²) in [7, 11) is 4.62. The molecule has 0 fully saturated rings. The lowest BCUT2D eigenvalue weighted by atomic mass is 10.1. The molecule has 7 nitrogen and oxygen atoms in total. The van der Waals surface area contributed by atoms with Crippen molar-refractivity contribution in [3.8, 4) is 17.2 Å². The summed E-state index contributed by atoms with van der Waals surface area (Å²) < 4.78 is 18.5. The van der Waals surface area contributed by atoms with Gasteiger partial charge in [-0.3, -0.25) is 4.79 Å². The van der Waals surface area contributed by atoms with Crippen molar-refractivity contribution < 1.29 is 19.0 Å². The summed E-state index contributed by atoms with van der Waals surface area (Å²) in [6, 6.07) is 11.7. The third-order valence-electron chi connectivity index (χ3n) is 6.76. The number of hydrogen-bond donors (Lipinski definition) is 1. The lowest BCUT2D eigenvalue weighted by molar-refractivity contribution is 0.0952. The number of hydrogen-bond acceptors (Lipinski definition) is 5. The molecular weight excluding hydrogens is 466 g/mol. The first kappa shape index (κ1) is 28.4. The number of imidazole rings is 1. The Labute approximate surface area is 221 Å². The molecule has 0 aliphatic heterocycles. The normalized spacial score (nSPS) is 11.0. The molecule has 1 aromatic heterocycles. The van der Waals surface area contributed by atoms with E-state index in [0.717, 1.165) is 30.7 Å². The number of para-hydroxylation sites is 2. The first-order valence-electron chi connectivity index (χ1n) is 13.6. The predicted molar refractivity (Wildman–Crippen MR) is 149 cm³/mol. The second-order valence-electron chi connectivity index (χ2n) is 9.42. The van der Waals surface area contributed by atoms with Crippen LogP contribution in [0.5, 0.6) is 17.2 Å². The average Bonchev–Trinajstić information content (AvgIpc) is 3.28. The fourth-order valence-corrected chi connectivity index (χ4v) is 4.73. The van der Waals surface area contributed by atoms with Gasteiger partial charge in [0, 0.05) is 25.1 Å². The molecule has 0 radical (unpaired) electrons. The zero-order chi connectivity index (χ0) is 26.5. The van der Waals surface area contributed by atoms with Gasteiger partial charge in [0.05, 0.1) is 32.4 Å². The Bertz CT molecular complexity index is 1100. The standard InChI is InChI=1S/C30H43N3O4/c1-5-6-7-8-9-10-11-14-20-33-25-17-13-12-16-24(25)32-28(33)18-15-19-31-30(34)23-21-26(35-2)29(37-4)27(22-23)36-3/h12-13,16-17,21-22H,5-11,14-15,18-20H2,1-4H3,(H,31,34). The molecule has 0 saturated carbocycles. The molecule has 1 N–H and O–H groups in total. The van der Waals surface area contributed by atoms with Crippen molar-refractivity contribution in [1.29, 1.82) is 0 Å². The number of nitrogens with one attached hydrogen (secondary N) is 1. The summed E-state index contributed by atoms with van der Waals surface area (Å²) in [5.74, 6) is 2.30. The van der Waals surface area contributed by atoms with E-state index in [2.05, 4.69) is 35.0 Å². The lowest BCUT2D eigenvalue weighted by Gasteiger charge is -2.14. The topological polar surface area (TPSA) is 74.6 Å². The molecule has 0 atom stereocenters. The van der Waals surface area contributed by atoms with E-state index in [0.29, 0.717) is 29.4 Å². The van der Waals surface area contributed by atoms with Crippen LogP contribution < -0.4 is 19.5 Å². The zero-order valence-corrected chi connectivity index (χ0v) is 23.0. The van der Waals surface area contributed by atoms with E-state index in [1.165, 1.54) is 56.9 Å². The first-order chi connectivity index (χ1) is 18.1. The summed E-state index contributed by atoms with van der Waals surface area (Å²) in [4.78, 5) is 17.7. The number of amides is 1. The van der Waals surface area contributed by atoms with Crippen LogP contribution >= 0.6 is 0 Å². The molecule has 202 valence electrons. The van der Waals surface area contributed by atoms with E-state index >= 15 is 0 Å². The van der Waals surface area contributed by atoms with E-state index in [-0.39, 0.29) is 5.91 Å². The van der Waals surface area contributed by atoms with Gasteiger partial charge in [-0.15, -0.1) is 0 Å². The van der Waals surface area contributed by atoms with Crippen LogP contribution in [-0.4, -0.2) is 43.3 Å². The van der Waals surface area contributed by atoms with Crippen molar-refractivity contribution >= 4 is 16.9 Å². The fourth-order valence-electron chi connectivity index (χ4n) is 4.73. The third kappa shape index (κ3) is 7.88. The van der Waals surface area contributed by atoms with E-state index in [9.17, 15) is 4.79 Å². The smallest absolute Gasteiger partial charge is 0.251 e. The van der Waals surface area contributed by atoms with Crippen LogP contribution in [-0.2, 0) is 13.0 Å². The van der Waals surface area contributed by atoms with Gasteiger partial charge in [-0.1, -0.05) is 64.0 Å². The Morgan fingerprint density at radius 2 is 1.51 bits per heavy atom. The van der Waals surface area contributed by atoms with Crippen LogP contribution in [0.15, 0.2) is 36.4 Å². The number of benzene rings is 2. The van der Waals surface area contributed by atoms with Crippen molar-refractivity contribution in [2.45, 2.75) is 77.7 Å². The number of fused-ring (bicyclic) bond motifs is 1. The van der Waals surface area contributed by atoms with Gasteiger partial charge in [0.1, 0.15) is 5.82 Å². The molecule has 2 aromatic carbocycles. The molecule has 0 bridgehead atoms. The summed E-state index contributed by atoms with van der Waals surface area (Å²) in [5, 5.41) is 3.02. The van der Waals surface area contributed by atoms with Crippen LogP contribution in [0.1, 0.15) is 80.9 Å². The summed E-state index contributed by atoms with van der Waals surface area (Å²) >= 11 is 0. The lowest BCUT2D eigenvalue weighted by Crippen LogP contribution is -2.25. The summed E-state index contributed by atoms with van der Waals surface area (Å²) in [5.41, 5.74) is 2.71. The highest BCUT2D eigenvalue weighted by Gasteiger charge is 2.17. The van der Waals surface area contributed by atoms with E-state index < -0.39 is 0 Å². The first-order valence-corrected chi connectivity index (χ1v) is 13.6. The zero-order valence-electron chi connectivity index (χ0n) is 23.0. The van der Waals surface area contributed by atoms with Crippen molar-refractivity contribution in [3.63, 3.8) is 0 Å². The Kier molecular flexibility index (Phi) is 11.6. The summed E-state index contributed by atoms with van der Waals surface area (Å²) in [6.07, 6.45) is 12.0. The number of carbonyl (C=O) groups is 1. The second-order valence-corrected chi connectivity index (χ2v) is 9.42. The maximum Gasteiger partial charge on any atom is 0.251 e. The molecule has 0 unspecified atom stereocenters. The molecule has 0 spiro atoms. The van der Waals surface area contributed by atoms with Gasteiger partial charge in [0.15, 0.2) is 11.5 Å². The molecule has 37 heavy (non-hydrogen) atoms. The Morgan fingerprint density at radius 3 is 2.16 bits per heavy atom. The maximum atomic E-state index is 12.8. The highest BCUT2D eigenvalue weighted by atomic mass is 16.5. The Hall–Kier alpha value is -3.22. The number of nitrogens with zero attached hydrogens (tertiary/aromatic N) is 2. The summed E-state index contributed by atoms with van der Waals surface area (Å²) in [6.45, 7) is 3.80. The van der Waals surface area contributed by atoms with Crippen LogP contribution in [0.3, 0.4) is 0 Å². The molecule has 1 heterocycles. The second kappa shape index (κ2) is 15.1. The van der Waals surface area contributed by atoms with Crippen molar-refractivity contribution in [3.05, 3.63) is 47.8 Å². The molecule has 0 saturated heterocycles. The average molecular weight is 510 g/mol. The predicted octanol–water partition coefficient (Wildman–Crippen LogP) is 6.57. The number of rotatable bonds is 17. The van der Waals surface area contributed by atoms with Gasteiger partial charge in [-0.25, -0.2) is 4.98 Å². The number of carbonyl (C=O) groups excluding carboxylic acids is 1. The minimum atomic E-state index is -0.174. The molecule has 0 aliphatic carbocycles. The van der Waals surface area contributed by atoms with E-state index in [1.54, 1.807) is 33.5 Å². The molecule has 0 aliphatic rings. The number of aromatic nitrogens is 2. The fraction of sp³-hybridized carbons (Fsp3) is 0.533. The molecule has 3 aromatic rings. The van der Waals surface area contributed by atoms with Gasteiger partial charge in [-0.05, 0) is 37.1 Å². The van der Waals surface area contributed by atoms with Gasteiger partial charge >= 0.3 is 0 Å². The van der Waals surface area contributed by atoms with Gasteiger partial charge < -0.3 is 24.1 Å². The maximum absolute atomic E-state index is 12.8. The minimum Gasteiger partial charge on any atom is -0.493 e. The largest absolute Gasteiger partial charge is 0.493 e. The molecular formula is C30H43N3O4. The van der Waals surface area contributed by atoms with E-state index in [4.69, 9.17) is 19.2 Å². The van der Waals surface area contributed by atoms with Gasteiger partial charge in [-0.2, -0.15) is 0 Å². The van der Waals surface area contributed by atoms with Crippen LogP contribution in [0.2, 0.25) is 0 Å². The molecule has 1 amide bonds. The molecule has 7 heteroatoms. The van der Waals surface area contributed by atoms with Crippen molar-refractivity contribution in [2.24, 2.45) is 0 Å². The Balaban J connectivity index is 1.54. The number of ether oxygens (including phenoxy) is 3. The van der Waals surface area contributed by atoms with Crippen molar-refractivity contribution in [2.75, 3.05) is 27.9 Å². The number of aryl methyl sites for hydroxylation is 2. The number of unbranched alkanes of at least 4 members (excludes halogenated alkanes) is 7. The monoisotopic (exact) mass is 509 g/mol. The SMILES string of the molecule is CCCCCCCCCCn1c(CCCNC(=O)c2cc(OC)c(OC)c(OC)c2)nc2ccccc21. The molecule has 3 rings (SSSR count). The van der Waals surface area contributed by atoms with Crippen LogP contribution in [0.25, 0.3) is 11.0 Å². The third-order valence-corrected chi connectivity index (χ3v) is 6.76. The highest BCUT2D eigenvalue weighted by Crippen LogP contribution is 2.38. The number of methoxy groups -OCH3 is 3. The van der Waals surface area contributed by atoms with Gasteiger partial charge in [0.2, 0.25) is 5.75 Å². The quantitative estimate of drug-likeness (QED) is 0.208. The van der Waals surface area contributed by atoms with Crippen LogP contribution in [0, 0.1) is 0 Å².